The van der Waals surface area contributed by atoms with Crippen LogP contribution in [0.5, 0.6) is 5.75 Å². The van der Waals surface area contributed by atoms with Crippen molar-refractivity contribution in [1.82, 2.24) is 14.7 Å². The number of halogens is 1. The van der Waals surface area contributed by atoms with Gasteiger partial charge in [-0.25, -0.2) is 0 Å². The van der Waals surface area contributed by atoms with Crippen LogP contribution in [0.2, 0.25) is 5.02 Å². The number of rotatable bonds is 9. The number of primary amides is 1. The molecule has 0 saturated carbocycles. The summed E-state index contributed by atoms with van der Waals surface area (Å²) in [5.74, 6) is 0.352. The molecule has 1 aromatic heterocycles. The molecule has 29 heavy (non-hydrogen) atoms. The van der Waals surface area contributed by atoms with Crippen LogP contribution < -0.4 is 10.5 Å². The van der Waals surface area contributed by atoms with E-state index in [0.29, 0.717) is 43.4 Å². The molecule has 0 spiro atoms. The van der Waals surface area contributed by atoms with Crippen LogP contribution in [-0.2, 0) is 16.1 Å². The second-order valence-electron chi connectivity index (χ2n) is 7.68. The van der Waals surface area contributed by atoms with Crippen LogP contribution in [0.3, 0.4) is 0 Å². The van der Waals surface area contributed by atoms with Crippen molar-refractivity contribution in [3.05, 3.63) is 47.7 Å². The predicted octanol–water partition coefficient (Wildman–Crippen LogP) is 2.88. The summed E-state index contributed by atoms with van der Waals surface area (Å²) in [7, 11) is 0. The lowest BCUT2D eigenvalue weighted by atomic mass is 9.77. The highest BCUT2D eigenvalue weighted by atomic mass is 35.5. The molecule has 1 saturated heterocycles. The van der Waals surface area contributed by atoms with Gasteiger partial charge < -0.3 is 15.4 Å². The number of hydrogen-bond acceptors (Lipinski definition) is 4. The number of aromatic nitrogens is 2. The summed E-state index contributed by atoms with van der Waals surface area (Å²) >= 11 is 6.02. The van der Waals surface area contributed by atoms with Gasteiger partial charge >= 0.3 is 0 Å². The third kappa shape index (κ3) is 6.22. The number of hydrogen-bond donors (Lipinski definition) is 1. The summed E-state index contributed by atoms with van der Waals surface area (Å²) < 4.78 is 7.77. The lowest BCUT2D eigenvalue weighted by Gasteiger charge is -2.42. The zero-order valence-corrected chi connectivity index (χ0v) is 17.2. The van der Waals surface area contributed by atoms with Crippen molar-refractivity contribution in [1.29, 1.82) is 0 Å². The van der Waals surface area contributed by atoms with Gasteiger partial charge in [0, 0.05) is 55.3 Å². The molecule has 1 aliphatic rings. The van der Waals surface area contributed by atoms with Crippen molar-refractivity contribution < 1.29 is 14.3 Å². The van der Waals surface area contributed by atoms with E-state index in [1.54, 1.807) is 18.3 Å². The van der Waals surface area contributed by atoms with Crippen LogP contribution in [-0.4, -0.2) is 46.2 Å². The van der Waals surface area contributed by atoms with Gasteiger partial charge in [0.15, 0.2) is 0 Å². The molecular formula is C21H27ClN4O3. The number of carbonyl (C=O) groups excluding carboxylic acids is 2. The molecule has 1 atom stereocenters. The Morgan fingerprint density at radius 3 is 2.90 bits per heavy atom. The number of amides is 2. The monoisotopic (exact) mass is 418 g/mol. The molecular weight excluding hydrogens is 392 g/mol. The summed E-state index contributed by atoms with van der Waals surface area (Å²) in [4.78, 5) is 26.3. The van der Waals surface area contributed by atoms with E-state index < -0.39 is 5.41 Å². The van der Waals surface area contributed by atoms with Crippen molar-refractivity contribution >= 4 is 23.4 Å². The zero-order chi connectivity index (χ0) is 20.7. The Bertz CT molecular complexity index is 827. The second-order valence-corrected chi connectivity index (χ2v) is 8.12. The van der Waals surface area contributed by atoms with E-state index in [1.807, 2.05) is 34.0 Å². The van der Waals surface area contributed by atoms with Gasteiger partial charge in [0.05, 0.1) is 6.61 Å². The first-order valence-electron chi connectivity index (χ1n) is 9.88. The Morgan fingerprint density at radius 1 is 1.31 bits per heavy atom. The van der Waals surface area contributed by atoms with E-state index in [0.717, 1.165) is 19.3 Å². The number of likely N-dealkylation sites (tertiary alicyclic amines) is 1. The summed E-state index contributed by atoms with van der Waals surface area (Å²) in [6, 6.07) is 9.02. The highest BCUT2D eigenvalue weighted by molar-refractivity contribution is 6.30. The number of ether oxygens (including phenoxy) is 1. The minimum absolute atomic E-state index is 0.0912. The highest BCUT2D eigenvalue weighted by Crippen LogP contribution is 2.35. The molecule has 2 heterocycles. The fourth-order valence-electron chi connectivity index (χ4n) is 3.88. The van der Waals surface area contributed by atoms with Gasteiger partial charge in [-0.1, -0.05) is 17.7 Å². The molecule has 0 bridgehead atoms. The average molecular weight is 419 g/mol. The van der Waals surface area contributed by atoms with Crippen LogP contribution in [0, 0.1) is 5.41 Å². The maximum Gasteiger partial charge on any atom is 0.222 e. The van der Waals surface area contributed by atoms with Crippen LogP contribution >= 0.6 is 11.6 Å². The Morgan fingerprint density at radius 2 is 2.17 bits per heavy atom. The third-order valence-electron chi connectivity index (χ3n) is 5.24. The summed E-state index contributed by atoms with van der Waals surface area (Å²) in [5.41, 5.74) is 5.05. The maximum absolute atomic E-state index is 12.7. The lowest BCUT2D eigenvalue weighted by molar-refractivity contribution is -0.137. The predicted molar refractivity (Wildman–Crippen MR) is 110 cm³/mol. The molecule has 0 aliphatic carbocycles. The standard InChI is InChI=1S/C21H27ClN4O3/c22-17-5-1-6-18(13-17)29-16-21(14-19(23)27)8-3-10-25(15-21)20(28)7-2-11-26-12-4-9-24-26/h1,4-6,9,12-13H,2-3,7-8,10-11,14-16H2,(H2,23,27). The first-order chi connectivity index (χ1) is 14.0. The molecule has 8 heteroatoms. The highest BCUT2D eigenvalue weighted by Gasteiger charge is 2.39. The molecule has 3 rings (SSSR count). The number of nitrogens with zero attached hydrogens (tertiary/aromatic N) is 3. The number of piperidine rings is 1. The van der Waals surface area contributed by atoms with E-state index in [4.69, 9.17) is 22.1 Å². The van der Waals surface area contributed by atoms with E-state index in [9.17, 15) is 9.59 Å². The van der Waals surface area contributed by atoms with E-state index in [1.165, 1.54) is 0 Å². The molecule has 1 aromatic carbocycles. The summed E-state index contributed by atoms with van der Waals surface area (Å²) in [6.07, 6.45) is 6.57. The van der Waals surface area contributed by atoms with E-state index in [-0.39, 0.29) is 18.2 Å². The minimum atomic E-state index is -0.482. The van der Waals surface area contributed by atoms with Gasteiger partial charge in [-0.05, 0) is 43.5 Å². The van der Waals surface area contributed by atoms with E-state index >= 15 is 0 Å². The van der Waals surface area contributed by atoms with Gasteiger partial charge in [0.25, 0.3) is 0 Å². The van der Waals surface area contributed by atoms with Gasteiger partial charge in [-0.15, -0.1) is 0 Å². The van der Waals surface area contributed by atoms with Gasteiger partial charge in [0.1, 0.15) is 5.75 Å². The Hall–Kier alpha value is -2.54. The van der Waals surface area contributed by atoms with Crippen LogP contribution in [0.4, 0.5) is 0 Å². The normalized spacial score (nSPS) is 19.1. The van der Waals surface area contributed by atoms with Crippen molar-refractivity contribution in [3.63, 3.8) is 0 Å². The number of aryl methyl sites for hydroxylation is 1. The van der Waals surface area contributed by atoms with Gasteiger partial charge in [-0.2, -0.15) is 5.10 Å². The molecule has 1 unspecified atom stereocenters. The topological polar surface area (TPSA) is 90.5 Å². The summed E-state index contributed by atoms with van der Waals surface area (Å²) in [6.45, 7) is 2.18. The summed E-state index contributed by atoms with van der Waals surface area (Å²) in [5, 5.41) is 4.74. The van der Waals surface area contributed by atoms with Crippen LogP contribution in [0.1, 0.15) is 32.1 Å². The molecule has 2 N–H and O–H groups in total. The fourth-order valence-corrected chi connectivity index (χ4v) is 4.06. The molecule has 156 valence electrons. The smallest absolute Gasteiger partial charge is 0.222 e. The first kappa shape index (κ1) is 21.2. The number of nitrogens with two attached hydrogens (primary N) is 1. The molecule has 1 aliphatic heterocycles. The maximum atomic E-state index is 12.7. The number of benzene rings is 1. The van der Waals surface area contributed by atoms with Gasteiger partial charge in [0.2, 0.25) is 11.8 Å². The lowest BCUT2D eigenvalue weighted by Crippen LogP contribution is -2.50. The first-order valence-corrected chi connectivity index (χ1v) is 10.3. The second kappa shape index (κ2) is 9.78. The van der Waals surface area contributed by atoms with Crippen molar-refractivity contribution in [2.75, 3.05) is 19.7 Å². The molecule has 1 fully saturated rings. The largest absolute Gasteiger partial charge is 0.493 e. The molecule has 2 amide bonds. The third-order valence-corrected chi connectivity index (χ3v) is 5.48. The van der Waals surface area contributed by atoms with Crippen molar-refractivity contribution in [2.45, 2.75) is 38.6 Å². The van der Waals surface area contributed by atoms with Crippen LogP contribution in [0.25, 0.3) is 0 Å². The minimum Gasteiger partial charge on any atom is -0.493 e. The fraction of sp³-hybridized carbons (Fsp3) is 0.476. The average Bonchev–Trinajstić information content (AvgIpc) is 3.20. The van der Waals surface area contributed by atoms with Crippen molar-refractivity contribution in [2.24, 2.45) is 11.1 Å². The number of carbonyl (C=O) groups is 2. The Kier molecular flexibility index (Phi) is 7.14. The zero-order valence-electron chi connectivity index (χ0n) is 16.4. The Labute approximate surface area is 175 Å². The quantitative estimate of drug-likeness (QED) is 0.677. The van der Waals surface area contributed by atoms with E-state index in [2.05, 4.69) is 5.10 Å². The van der Waals surface area contributed by atoms with Gasteiger partial charge in [-0.3, -0.25) is 14.3 Å². The molecule has 2 aromatic rings. The SMILES string of the molecule is NC(=O)CC1(COc2cccc(Cl)c2)CCCN(C(=O)CCCn2cccn2)C1. The molecule has 0 radical (unpaired) electrons. The van der Waals surface area contributed by atoms with Crippen molar-refractivity contribution in [3.8, 4) is 5.75 Å². The van der Waals surface area contributed by atoms with Crippen LogP contribution in [0.15, 0.2) is 42.7 Å². The molecule has 7 nitrogen and oxygen atoms in total. The Balaban J connectivity index is 1.60.